The van der Waals surface area contributed by atoms with E-state index in [4.69, 9.17) is 4.74 Å². The molecule has 3 aromatic carbocycles. The summed E-state index contributed by atoms with van der Waals surface area (Å²) in [6, 6.07) is 17.4. The topological polar surface area (TPSA) is 199 Å². The Morgan fingerprint density at radius 1 is 0.681 bits per heavy atom. The maximum absolute atomic E-state index is 13.4. The molecule has 0 radical (unpaired) electrons. The molecule has 15 heteroatoms. The molecule has 0 aliphatic heterocycles. The highest BCUT2D eigenvalue weighted by Gasteiger charge is 2.34. The van der Waals surface area contributed by atoms with Crippen molar-refractivity contribution in [3.05, 3.63) is 89.5 Å². The Morgan fingerprint density at radius 3 is 1.53 bits per heavy atom. The van der Waals surface area contributed by atoms with Crippen molar-refractivity contribution in [3.8, 4) is 0 Å². The Labute approximate surface area is 268 Å². The molecular weight excluding hydrogens is 612 g/mol. The van der Waals surface area contributed by atoms with Gasteiger partial charge in [0.15, 0.2) is 0 Å². The fraction of sp³-hybridized carbons (Fsp3) is 0.250. The van der Waals surface area contributed by atoms with Crippen molar-refractivity contribution in [2.45, 2.75) is 32.6 Å². The first-order valence-corrected chi connectivity index (χ1v) is 14.1. The lowest BCUT2D eigenvalue weighted by atomic mass is 10.1. The van der Waals surface area contributed by atoms with Crippen molar-refractivity contribution in [1.82, 2.24) is 0 Å². The van der Waals surface area contributed by atoms with Gasteiger partial charge >= 0.3 is 18.3 Å². The van der Waals surface area contributed by atoms with Gasteiger partial charge in [0.25, 0.3) is 0 Å². The number of aliphatic imine (C=N–C) groups is 3. The van der Waals surface area contributed by atoms with Crippen molar-refractivity contribution >= 4 is 53.6 Å². The summed E-state index contributed by atoms with van der Waals surface area (Å²) in [7, 11) is 0. The fourth-order valence-corrected chi connectivity index (χ4v) is 4.72. The van der Waals surface area contributed by atoms with Crippen molar-refractivity contribution in [2.24, 2.45) is 15.0 Å². The van der Waals surface area contributed by atoms with E-state index >= 15 is 0 Å². The van der Waals surface area contributed by atoms with Gasteiger partial charge in [-0.15, -0.1) is 0 Å². The molecule has 242 valence electrons. The first-order valence-electron chi connectivity index (χ1n) is 14.1. The van der Waals surface area contributed by atoms with Gasteiger partial charge in [-0.05, 0) is 60.0 Å². The molecule has 0 spiro atoms. The zero-order valence-electron chi connectivity index (χ0n) is 25.2. The zero-order valence-corrected chi connectivity index (χ0v) is 25.2. The summed E-state index contributed by atoms with van der Waals surface area (Å²) in [4.78, 5) is 84.7. The van der Waals surface area contributed by atoms with Crippen LogP contribution < -0.4 is 14.7 Å². The molecule has 3 aromatic rings. The molecule has 3 amide bonds. The lowest BCUT2D eigenvalue weighted by molar-refractivity contribution is 0.158. The second-order valence-corrected chi connectivity index (χ2v) is 9.74. The minimum atomic E-state index is -1.47. The second-order valence-electron chi connectivity index (χ2n) is 9.74. The first-order chi connectivity index (χ1) is 22.7. The number of hydrogen-bond acceptors (Lipinski definition) is 10. The Balaban J connectivity index is 2.20. The van der Waals surface area contributed by atoms with E-state index in [2.05, 4.69) is 15.0 Å². The number of carboxylic acid groups (broad SMARTS) is 2. The molecule has 0 fully saturated rings. The summed E-state index contributed by atoms with van der Waals surface area (Å²) in [5.74, 6) is 0. The standard InChI is InChI=1S/C32H30N6O9/c1-2-47-32(46)37(27-10-4-7-24(13-27)16-34-21-40)19-29(38(31(44)45)28-11-5-8-25(14-28)17-35-22-41)18-36(30(42)43)26-9-3-6-23(12-26)15-33-20-39/h3-14,29H,2,15-19H2,1H3,(H,42,43)(H,44,45). The van der Waals surface area contributed by atoms with E-state index in [1.807, 2.05) is 0 Å². The van der Waals surface area contributed by atoms with Gasteiger partial charge in [0.2, 0.25) is 18.2 Å². The molecule has 15 nitrogen and oxygen atoms in total. The van der Waals surface area contributed by atoms with Gasteiger partial charge in [-0.1, -0.05) is 36.4 Å². The Hall–Kier alpha value is -6.39. The van der Waals surface area contributed by atoms with E-state index in [9.17, 15) is 39.0 Å². The monoisotopic (exact) mass is 642 g/mol. The van der Waals surface area contributed by atoms with Gasteiger partial charge in [-0.2, -0.15) is 0 Å². The van der Waals surface area contributed by atoms with Gasteiger partial charge in [-0.25, -0.2) is 43.7 Å². The summed E-state index contributed by atoms with van der Waals surface area (Å²) in [5.41, 5.74) is 2.03. The Morgan fingerprint density at radius 2 is 1.11 bits per heavy atom. The molecule has 0 aromatic heterocycles. The van der Waals surface area contributed by atoms with Gasteiger partial charge in [0, 0.05) is 17.1 Å². The van der Waals surface area contributed by atoms with Crippen LogP contribution in [0.2, 0.25) is 0 Å². The molecular formula is C32H30N6O9. The van der Waals surface area contributed by atoms with E-state index < -0.39 is 37.4 Å². The van der Waals surface area contributed by atoms with Gasteiger partial charge in [-0.3, -0.25) is 14.7 Å². The molecule has 0 saturated heterocycles. The predicted octanol–water partition coefficient (Wildman–Crippen LogP) is 4.89. The molecule has 3 rings (SSSR count). The van der Waals surface area contributed by atoms with E-state index in [0.717, 1.165) is 14.7 Å². The van der Waals surface area contributed by atoms with Crippen LogP contribution in [0.15, 0.2) is 87.8 Å². The third kappa shape index (κ3) is 10.1. The molecule has 0 aliphatic carbocycles. The zero-order chi connectivity index (χ0) is 34.2. The number of amides is 3. The van der Waals surface area contributed by atoms with Crippen molar-refractivity contribution in [3.63, 3.8) is 0 Å². The third-order valence-electron chi connectivity index (χ3n) is 6.69. The SMILES string of the molecule is CCOC(=O)N(CC(CN(C(=O)O)c1cccc(CN=C=O)c1)N(C(=O)O)c1cccc(CN=C=O)c1)c1cccc(CN=C=O)c1. The largest absolute Gasteiger partial charge is 0.465 e. The summed E-state index contributed by atoms with van der Waals surface area (Å²) in [6.45, 7) is 0.503. The number of carbonyl (C=O) groups excluding carboxylic acids is 4. The van der Waals surface area contributed by atoms with Gasteiger partial charge < -0.3 is 14.9 Å². The molecule has 0 aliphatic rings. The van der Waals surface area contributed by atoms with Crippen LogP contribution in [0.5, 0.6) is 0 Å². The van der Waals surface area contributed by atoms with E-state index in [-0.39, 0.29) is 43.3 Å². The average molecular weight is 643 g/mol. The van der Waals surface area contributed by atoms with E-state index in [1.54, 1.807) is 55.5 Å². The number of hydrogen-bond donors (Lipinski definition) is 2. The van der Waals surface area contributed by atoms with Crippen LogP contribution in [0.25, 0.3) is 0 Å². The first kappa shape index (κ1) is 35.1. The number of benzene rings is 3. The molecule has 47 heavy (non-hydrogen) atoms. The van der Waals surface area contributed by atoms with Crippen LogP contribution in [0, 0.1) is 0 Å². The van der Waals surface area contributed by atoms with Crippen LogP contribution in [0.4, 0.5) is 31.4 Å². The normalized spacial score (nSPS) is 10.7. The van der Waals surface area contributed by atoms with Gasteiger partial charge in [0.05, 0.1) is 45.4 Å². The highest BCUT2D eigenvalue weighted by atomic mass is 16.6. The van der Waals surface area contributed by atoms with Crippen LogP contribution in [-0.2, 0) is 38.8 Å². The summed E-state index contributed by atoms with van der Waals surface area (Å²) in [6.07, 6.45) is 0.564. The molecule has 1 atom stereocenters. The third-order valence-corrected chi connectivity index (χ3v) is 6.69. The van der Waals surface area contributed by atoms with E-state index in [1.165, 1.54) is 42.5 Å². The highest BCUT2D eigenvalue weighted by Crippen LogP contribution is 2.26. The number of isocyanates is 3. The predicted molar refractivity (Wildman–Crippen MR) is 169 cm³/mol. The minimum Gasteiger partial charge on any atom is -0.465 e. The molecule has 0 bridgehead atoms. The van der Waals surface area contributed by atoms with Crippen molar-refractivity contribution < 1.29 is 43.7 Å². The van der Waals surface area contributed by atoms with Crippen molar-refractivity contribution in [2.75, 3.05) is 34.4 Å². The minimum absolute atomic E-state index is 0.0195. The molecule has 0 saturated carbocycles. The van der Waals surface area contributed by atoms with Crippen molar-refractivity contribution in [1.29, 1.82) is 0 Å². The number of carbonyl (C=O) groups is 3. The van der Waals surface area contributed by atoms with Crippen LogP contribution in [-0.4, -0.2) is 72.5 Å². The number of nitrogens with zero attached hydrogens (tertiary/aromatic N) is 6. The maximum Gasteiger partial charge on any atom is 0.414 e. The van der Waals surface area contributed by atoms with Crippen LogP contribution in [0.1, 0.15) is 23.6 Å². The maximum atomic E-state index is 13.4. The summed E-state index contributed by atoms with van der Waals surface area (Å²) < 4.78 is 5.29. The second kappa shape index (κ2) is 17.8. The van der Waals surface area contributed by atoms with Crippen LogP contribution in [0.3, 0.4) is 0 Å². The highest BCUT2D eigenvalue weighted by molar-refractivity contribution is 5.91. The fourth-order valence-electron chi connectivity index (χ4n) is 4.72. The van der Waals surface area contributed by atoms with E-state index in [0.29, 0.717) is 16.7 Å². The Kier molecular flexibility index (Phi) is 13.3. The molecule has 1 unspecified atom stereocenters. The Bertz CT molecular complexity index is 1730. The van der Waals surface area contributed by atoms with Crippen LogP contribution >= 0.6 is 0 Å². The smallest absolute Gasteiger partial charge is 0.414 e. The number of ether oxygens (including phenoxy) is 1. The van der Waals surface area contributed by atoms with Gasteiger partial charge in [0.1, 0.15) is 0 Å². The molecule has 0 heterocycles. The number of rotatable bonds is 15. The lowest BCUT2D eigenvalue weighted by Crippen LogP contribution is -2.54. The average Bonchev–Trinajstić information content (AvgIpc) is 3.06. The lowest BCUT2D eigenvalue weighted by Gasteiger charge is -2.36. The quantitative estimate of drug-likeness (QED) is 0.171. The summed E-state index contributed by atoms with van der Waals surface area (Å²) >= 11 is 0. The molecule has 2 N–H and O–H groups in total. The summed E-state index contributed by atoms with van der Waals surface area (Å²) in [5, 5.41) is 20.9. The number of anilines is 3.